The van der Waals surface area contributed by atoms with Gasteiger partial charge < -0.3 is 14.9 Å². The minimum absolute atomic E-state index is 0.133. The Kier molecular flexibility index (Phi) is 4.62. The molecule has 1 rings (SSSR count). The number of methoxy groups -OCH3 is 1. The van der Waals surface area contributed by atoms with Crippen LogP contribution in [0.3, 0.4) is 0 Å². The molecule has 1 aromatic carbocycles. The summed E-state index contributed by atoms with van der Waals surface area (Å²) in [6, 6.07) is 3.77. The van der Waals surface area contributed by atoms with Gasteiger partial charge in [-0.05, 0) is 30.4 Å². The van der Waals surface area contributed by atoms with Gasteiger partial charge in [-0.3, -0.25) is 0 Å². The van der Waals surface area contributed by atoms with Crippen molar-refractivity contribution in [3.63, 3.8) is 0 Å². The zero-order valence-corrected chi connectivity index (χ0v) is 10.2. The number of benzene rings is 1. The van der Waals surface area contributed by atoms with E-state index >= 15 is 0 Å². The van der Waals surface area contributed by atoms with Crippen LogP contribution in [-0.2, 0) is 6.42 Å². The summed E-state index contributed by atoms with van der Waals surface area (Å²) in [7, 11) is 1.54. The lowest BCUT2D eigenvalue weighted by atomic mass is 9.93. The maximum absolute atomic E-state index is 10.0. The maximum atomic E-state index is 10.0. The smallest absolute Gasteiger partial charge is 0.161 e. The Labute approximate surface area is 96.7 Å². The van der Waals surface area contributed by atoms with Gasteiger partial charge in [0.15, 0.2) is 11.5 Å². The third-order valence-electron chi connectivity index (χ3n) is 2.71. The lowest BCUT2D eigenvalue weighted by Gasteiger charge is -2.16. The van der Waals surface area contributed by atoms with E-state index in [0.717, 1.165) is 11.1 Å². The molecule has 90 valence electrons. The van der Waals surface area contributed by atoms with Crippen LogP contribution in [0.15, 0.2) is 12.1 Å². The molecular weight excluding hydrogens is 204 g/mol. The van der Waals surface area contributed by atoms with E-state index in [-0.39, 0.29) is 12.4 Å². The van der Waals surface area contributed by atoms with Crippen molar-refractivity contribution < 1.29 is 14.9 Å². The molecule has 0 bridgehead atoms. The largest absolute Gasteiger partial charge is 0.504 e. The highest BCUT2D eigenvalue weighted by Crippen LogP contribution is 2.36. The van der Waals surface area contributed by atoms with Crippen LogP contribution in [0.4, 0.5) is 0 Å². The van der Waals surface area contributed by atoms with Crippen molar-refractivity contribution in [2.45, 2.75) is 32.6 Å². The Morgan fingerprint density at radius 2 is 2.00 bits per heavy atom. The molecular formula is C13H20O3. The first-order valence-electron chi connectivity index (χ1n) is 5.61. The second-order valence-electron chi connectivity index (χ2n) is 4.17. The first-order valence-corrected chi connectivity index (χ1v) is 5.61. The molecule has 3 nitrogen and oxygen atoms in total. The molecule has 0 aliphatic carbocycles. The van der Waals surface area contributed by atoms with E-state index in [2.05, 4.69) is 13.8 Å². The molecule has 0 aliphatic heterocycles. The summed E-state index contributed by atoms with van der Waals surface area (Å²) in [5.41, 5.74) is 2.01. The first-order chi connectivity index (χ1) is 7.61. The lowest BCUT2D eigenvalue weighted by molar-refractivity contribution is 0.287. The highest BCUT2D eigenvalue weighted by Gasteiger charge is 2.14. The second-order valence-corrected chi connectivity index (χ2v) is 4.17. The number of hydrogen-bond donors (Lipinski definition) is 2. The van der Waals surface area contributed by atoms with E-state index in [1.54, 1.807) is 13.2 Å². The molecule has 0 saturated heterocycles. The van der Waals surface area contributed by atoms with Crippen LogP contribution < -0.4 is 4.74 Å². The van der Waals surface area contributed by atoms with Gasteiger partial charge in [-0.25, -0.2) is 0 Å². The van der Waals surface area contributed by atoms with Gasteiger partial charge in [0.2, 0.25) is 0 Å². The average molecular weight is 224 g/mol. The van der Waals surface area contributed by atoms with Gasteiger partial charge >= 0.3 is 0 Å². The molecule has 0 spiro atoms. The third kappa shape index (κ3) is 2.67. The monoisotopic (exact) mass is 224 g/mol. The fourth-order valence-corrected chi connectivity index (χ4v) is 1.85. The van der Waals surface area contributed by atoms with Gasteiger partial charge in [0, 0.05) is 12.2 Å². The Hall–Kier alpha value is -1.22. The van der Waals surface area contributed by atoms with Crippen molar-refractivity contribution in [3.05, 3.63) is 23.3 Å². The zero-order chi connectivity index (χ0) is 12.1. The summed E-state index contributed by atoms with van der Waals surface area (Å²) < 4.78 is 5.09. The number of phenols is 1. The van der Waals surface area contributed by atoms with E-state index < -0.39 is 0 Å². The minimum Gasteiger partial charge on any atom is -0.504 e. The molecule has 0 atom stereocenters. The Morgan fingerprint density at radius 1 is 1.31 bits per heavy atom. The first kappa shape index (κ1) is 12.8. The van der Waals surface area contributed by atoms with Gasteiger partial charge in [0.05, 0.1) is 7.11 Å². The molecule has 0 aromatic heterocycles. The predicted molar refractivity (Wildman–Crippen MR) is 64.2 cm³/mol. The zero-order valence-electron chi connectivity index (χ0n) is 10.2. The van der Waals surface area contributed by atoms with Crippen molar-refractivity contribution in [2.24, 2.45) is 0 Å². The number of aromatic hydroxyl groups is 1. The summed E-state index contributed by atoms with van der Waals surface area (Å²) in [5.74, 6) is 1.06. The van der Waals surface area contributed by atoms with Crippen molar-refractivity contribution in [3.8, 4) is 11.5 Å². The van der Waals surface area contributed by atoms with Gasteiger partial charge in [0.25, 0.3) is 0 Å². The topological polar surface area (TPSA) is 49.7 Å². The summed E-state index contributed by atoms with van der Waals surface area (Å²) in [5, 5.41) is 18.9. The molecule has 3 heteroatoms. The Balaban J connectivity index is 3.14. The van der Waals surface area contributed by atoms with E-state index in [1.807, 2.05) is 6.07 Å². The molecule has 16 heavy (non-hydrogen) atoms. The van der Waals surface area contributed by atoms with Crippen LogP contribution in [0.2, 0.25) is 0 Å². The molecule has 0 heterocycles. The Morgan fingerprint density at radius 3 is 2.50 bits per heavy atom. The predicted octanol–water partition coefficient (Wildman–Crippen LogP) is 2.45. The number of ether oxygens (including phenoxy) is 1. The van der Waals surface area contributed by atoms with Crippen molar-refractivity contribution in [1.29, 1.82) is 0 Å². The third-order valence-corrected chi connectivity index (χ3v) is 2.71. The van der Waals surface area contributed by atoms with Crippen LogP contribution in [0.1, 0.15) is 37.3 Å². The summed E-state index contributed by atoms with van der Waals surface area (Å²) in [4.78, 5) is 0. The van der Waals surface area contributed by atoms with Gasteiger partial charge in [0.1, 0.15) is 0 Å². The van der Waals surface area contributed by atoms with Crippen LogP contribution in [0, 0.1) is 0 Å². The highest BCUT2D eigenvalue weighted by molar-refractivity contribution is 5.50. The van der Waals surface area contributed by atoms with Crippen molar-refractivity contribution >= 4 is 0 Å². The second kappa shape index (κ2) is 5.75. The molecule has 2 N–H and O–H groups in total. The molecule has 0 aliphatic rings. The number of phenolic OH excluding ortho intramolecular Hbond substituents is 1. The van der Waals surface area contributed by atoms with Gasteiger partial charge in [-0.2, -0.15) is 0 Å². The van der Waals surface area contributed by atoms with Crippen molar-refractivity contribution in [2.75, 3.05) is 13.7 Å². The number of rotatable bonds is 5. The van der Waals surface area contributed by atoms with Gasteiger partial charge in [-0.15, -0.1) is 0 Å². The van der Waals surface area contributed by atoms with Crippen LogP contribution in [0.25, 0.3) is 0 Å². The van der Waals surface area contributed by atoms with Crippen molar-refractivity contribution in [1.82, 2.24) is 0 Å². The number of aliphatic hydroxyl groups excluding tert-OH is 1. The number of aliphatic hydroxyl groups is 1. The molecule has 0 radical (unpaired) electrons. The Bertz CT molecular complexity index is 345. The molecule has 0 fully saturated rings. The fraction of sp³-hybridized carbons (Fsp3) is 0.538. The summed E-state index contributed by atoms with van der Waals surface area (Å²) in [6.07, 6.45) is 1.33. The standard InChI is InChI=1S/C13H20O3/c1-9(2)10-6-7-12(16-3)13(15)11(10)5-4-8-14/h6-7,9,14-15H,4-5,8H2,1-3H3. The maximum Gasteiger partial charge on any atom is 0.161 e. The summed E-state index contributed by atoms with van der Waals surface area (Å²) >= 11 is 0. The van der Waals surface area contributed by atoms with E-state index in [4.69, 9.17) is 9.84 Å². The summed E-state index contributed by atoms with van der Waals surface area (Å²) in [6.45, 7) is 4.31. The average Bonchev–Trinajstić information content (AvgIpc) is 2.26. The highest BCUT2D eigenvalue weighted by atomic mass is 16.5. The number of hydrogen-bond acceptors (Lipinski definition) is 3. The van der Waals surface area contributed by atoms with Crippen LogP contribution >= 0.6 is 0 Å². The van der Waals surface area contributed by atoms with E-state index in [0.29, 0.717) is 24.5 Å². The molecule has 0 unspecified atom stereocenters. The van der Waals surface area contributed by atoms with Gasteiger partial charge in [-0.1, -0.05) is 19.9 Å². The lowest BCUT2D eigenvalue weighted by Crippen LogP contribution is -2.00. The molecule has 0 amide bonds. The van der Waals surface area contributed by atoms with Crippen LogP contribution in [0.5, 0.6) is 11.5 Å². The molecule has 0 saturated carbocycles. The normalized spacial score (nSPS) is 10.8. The van der Waals surface area contributed by atoms with E-state index in [1.165, 1.54) is 0 Å². The molecule has 1 aromatic rings. The quantitative estimate of drug-likeness (QED) is 0.807. The van der Waals surface area contributed by atoms with Crippen LogP contribution in [-0.4, -0.2) is 23.9 Å². The SMILES string of the molecule is COc1ccc(C(C)C)c(CCCO)c1O. The van der Waals surface area contributed by atoms with E-state index in [9.17, 15) is 5.11 Å². The minimum atomic E-state index is 0.133. The fourth-order valence-electron chi connectivity index (χ4n) is 1.85.